The molecule has 0 bridgehead atoms. The first kappa shape index (κ1) is 14.9. The van der Waals surface area contributed by atoms with Crippen LogP contribution < -0.4 is 0 Å². The van der Waals surface area contributed by atoms with Gasteiger partial charge in [0.25, 0.3) is 0 Å². The van der Waals surface area contributed by atoms with E-state index in [2.05, 4.69) is 0 Å². The molecule has 16 heavy (non-hydrogen) atoms. The van der Waals surface area contributed by atoms with E-state index in [4.69, 9.17) is 9.47 Å². The molecule has 0 fully saturated rings. The van der Waals surface area contributed by atoms with E-state index in [1.807, 2.05) is 13.8 Å². The van der Waals surface area contributed by atoms with Gasteiger partial charge in [-0.3, -0.25) is 4.79 Å². The van der Waals surface area contributed by atoms with Crippen LogP contribution in [0.15, 0.2) is 0 Å². The third kappa shape index (κ3) is 5.73. The van der Waals surface area contributed by atoms with Gasteiger partial charge in [0, 0.05) is 0 Å². The van der Waals surface area contributed by atoms with Gasteiger partial charge in [-0.25, -0.2) is 4.79 Å². The number of hydrogen-bond donors (Lipinski definition) is 0. The zero-order chi connectivity index (χ0) is 12.7. The summed E-state index contributed by atoms with van der Waals surface area (Å²) in [5, 5.41) is 0. The number of carbonyl (C=O) groups is 2. The lowest BCUT2D eigenvalue weighted by atomic mass is 9.99. The zero-order valence-electron chi connectivity index (χ0n) is 10.8. The number of carbonyl (C=O) groups excluding carboxylic acids is 2. The van der Waals surface area contributed by atoms with E-state index in [1.54, 1.807) is 13.8 Å². The molecule has 2 atom stereocenters. The van der Waals surface area contributed by atoms with Crippen LogP contribution in [0.2, 0.25) is 0 Å². The SMILES string of the molecule is CCOC(=O)C(C)OC(=O)C(C)CC(C)C. The highest BCUT2D eigenvalue weighted by Crippen LogP contribution is 2.13. The van der Waals surface area contributed by atoms with Gasteiger partial charge in [0.1, 0.15) is 0 Å². The molecule has 0 spiro atoms. The Hall–Kier alpha value is -1.06. The molecule has 0 rings (SSSR count). The molecule has 0 aromatic rings. The molecule has 4 heteroatoms. The van der Waals surface area contributed by atoms with Crippen molar-refractivity contribution in [3.8, 4) is 0 Å². The fourth-order valence-electron chi connectivity index (χ4n) is 1.40. The van der Waals surface area contributed by atoms with Crippen LogP contribution in [-0.4, -0.2) is 24.6 Å². The van der Waals surface area contributed by atoms with Crippen molar-refractivity contribution in [2.45, 2.75) is 47.1 Å². The molecule has 0 saturated heterocycles. The second-order valence-electron chi connectivity index (χ2n) is 4.36. The van der Waals surface area contributed by atoms with E-state index in [9.17, 15) is 9.59 Å². The molecule has 0 radical (unpaired) electrons. The van der Waals surface area contributed by atoms with Crippen molar-refractivity contribution in [2.75, 3.05) is 6.61 Å². The van der Waals surface area contributed by atoms with Crippen LogP contribution in [0.5, 0.6) is 0 Å². The maximum absolute atomic E-state index is 11.6. The minimum absolute atomic E-state index is 0.183. The second kappa shape index (κ2) is 7.25. The quantitative estimate of drug-likeness (QED) is 0.656. The molecule has 2 unspecified atom stereocenters. The Balaban J connectivity index is 4.08. The van der Waals surface area contributed by atoms with Crippen LogP contribution in [0.3, 0.4) is 0 Å². The van der Waals surface area contributed by atoms with Gasteiger partial charge in [-0.05, 0) is 26.2 Å². The number of ether oxygens (including phenoxy) is 2. The Bertz CT molecular complexity index is 235. The number of esters is 2. The molecule has 0 heterocycles. The topological polar surface area (TPSA) is 52.6 Å². The molecule has 0 aliphatic rings. The summed E-state index contributed by atoms with van der Waals surface area (Å²) < 4.78 is 9.76. The summed E-state index contributed by atoms with van der Waals surface area (Å²) in [4.78, 5) is 22.8. The standard InChI is InChI=1S/C12H22O4/c1-6-15-12(14)10(5)16-11(13)9(4)7-8(2)3/h8-10H,6-7H2,1-5H3. The lowest BCUT2D eigenvalue weighted by Gasteiger charge is -2.16. The van der Waals surface area contributed by atoms with Crippen molar-refractivity contribution in [3.05, 3.63) is 0 Å². The molecule has 0 amide bonds. The Morgan fingerprint density at radius 1 is 1.06 bits per heavy atom. The average Bonchev–Trinajstić information content (AvgIpc) is 2.16. The molecule has 0 N–H and O–H groups in total. The first-order chi connectivity index (χ1) is 7.38. The summed E-state index contributed by atoms with van der Waals surface area (Å²) in [5.41, 5.74) is 0. The highest BCUT2D eigenvalue weighted by molar-refractivity contribution is 5.79. The van der Waals surface area contributed by atoms with Gasteiger partial charge < -0.3 is 9.47 Å². The first-order valence-corrected chi connectivity index (χ1v) is 5.75. The summed E-state index contributed by atoms with van der Waals surface area (Å²) in [6, 6.07) is 0. The molecule has 94 valence electrons. The van der Waals surface area contributed by atoms with Crippen molar-refractivity contribution < 1.29 is 19.1 Å². The van der Waals surface area contributed by atoms with E-state index >= 15 is 0 Å². The van der Waals surface area contributed by atoms with Crippen LogP contribution in [-0.2, 0) is 19.1 Å². The number of rotatable bonds is 6. The van der Waals surface area contributed by atoms with Crippen molar-refractivity contribution in [2.24, 2.45) is 11.8 Å². The lowest BCUT2D eigenvalue weighted by Crippen LogP contribution is -2.29. The smallest absolute Gasteiger partial charge is 0.347 e. The van der Waals surface area contributed by atoms with Gasteiger partial charge in [0.15, 0.2) is 6.10 Å². The molecule has 0 aromatic heterocycles. The highest BCUT2D eigenvalue weighted by Gasteiger charge is 2.23. The third-order valence-electron chi connectivity index (χ3n) is 2.14. The Morgan fingerprint density at radius 2 is 1.62 bits per heavy atom. The Morgan fingerprint density at radius 3 is 2.06 bits per heavy atom. The fourth-order valence-corrected chi connectivity index (χ4v) is 1.40. The summed E-state index contributed by atoms with van der Waals surface area (Å²) in [6.45, 7) is 9.42. The van der Waals surface area contributed by atoms with Gasteiger partial charge >= 0.3 is 11.9 Å². The van der Waals surface area contributed by atoms with E-state index in [1.165, 1.54) is 6.92 Å². The van der Waals surface area contributed by atoms with Gasteiger partial charge in [-0.2, -0.15) is 0 Å². The average molecular weight is 230 g/mol. The predicted molar refractivity (Wildman–Crippen MR) is 60.8 cm³/mol. The second-order valence-corrected chi connectivity index (χ2v) is 4.36. The van der Waals surface area contributed by atoms with E-state index in [0.29, 0.717) is 12.5 Å². The summed E-state index contributed by atoms with van der Waals surface area (Å²) in [7, 11) is 0. The predicted octanol–water partition coefficient (Wildman–Crippen LogP) is 2.16. The Kier molecular flexibility index (Phi) is 6.77. The fraction of sp³-hybridized carbons (Fsp3) is 0.833. The van der Waals surface area contributed by atoms with Crippen molar-refractivity contribution >= 4 is 11.9 Å². The van der Waals surface area contributed by atoms with Crippen LogP contribution >= 0.6 is 0 Å². The number of hydrogen-bond acceptors (Lipinski definition) is 4. The normalized spacial score (nSPS) is 14.4. The van der Waals surface area contributed by atoms with Crippen LogP contribution in [0, 0.1) is 11.8 Å². The molecule has 0 aromatic carbocycles. The third-order valence-corrected chi connectivity index (χ3v) is 2.14. The van der Waals surface area contributed by atoms with Gasteiger partial charge in [-0.15, -0.1) is 0 Å². The summed E-state index contributed by atoms with van der Waals surface area (Å²) >= 11 is 0. The summed E-state index contributed by atoms with van der Waals surface area (Å²) in [5.74, 6) is -0.584. The molecular formula is C12H22O4. The molecule has 0 saturated carbocycles. The zero-order valence-corrected chi connectivity index (χ0v) is 10.8. The van der Waals surface area contributed by atoms with Crippen LogP contribution in [0.4, 0.5) is 0 Å². The minimum Gasteiger partial charge on any atom is -0.463 e. The van der Waals surface area contributed by atoms with E-state index in [-0.39, 0.29) is 11.9 Å². The van der Waals surface area contributed by atoms with Crippen molar-refractivity contribution in [1.29, 1.82) is 0 Å². The van der Waals surface area contributed by atoms with Crippen molar-refractivity contribution in [3.63, 3.8) is 0 Å². The molecule has 0 aliphatic carbocycles. The van der Waals surface area contributed by atoms with Crippen LogP contribution in [0.25, 0.3) is 0 Å². The highest BCUT2D eigenvalue weighted by atomic mass is 16.6. The van der Waals surface area contributed by atoms with E-state index < -0.39 is 12.1 Å². The first-order valence-electron chi connectivity index (χ1n) is 5.75. The lowest BCUT2D eigenvalue weighted by molar-refractivity contribution is -0.168. The molecule has 0 aliphatic heterocycles. The molecule has 4 nitrogen and oxygen atoms in total. The largest absolute Gasteiger partial charge is 0.463 e. The summed E-state index contributed by atoms with van der Waals surface area (Å²) in [6.07, 6.45) is -0.0592. The van der Waals surface area contributed by atoms with Gasteiger partial charge in [0.05, 0.1) is 12.5 Å². The maximum atomic E-state index is 11.6. The molecular weight excluding hydrogens is 208 g/mol. The van der Waals surface area contributed by atoms with Gasteiger partial charge in [-0.1, -0.05) is 20.8 Å². The Labute approximate surface area is 97.3 Å². The minimum atomic E-state index is -0.818. The van der Waals surface area contributed by atoms with Crippen molar-refractivity contribution in [1.82, 2.24) is 0 Å². The monoisotopic (exact) mass is 230 g/mol. The maximum Gasteiger partial charge on any atom is 0.347 e. The van der Waals surface area contributed by atoms with E-state index in [0.717, 1.165) is 6.42 Å². The van der Waals surface area contributed by atoms with Crippen LogP contribution in [0.1, 0.15) is 41.0 Å². The van der Waals surface area contributed by atoms with Gasteiger partial charge in [0.2, 0.25) is 0 Å².